The van der Waals surface area contributed by atoms with Crippen molar-refractivity contribution < 1.29 is 4.74 Å². The van der Waals surface area contributed by atoms with Crippen molar-refractivity contribution in [3.63, 3.8) is 0 Å². The fourth-order valence-electron chi connectivity index (χ4n) is 3.49. The maximum absolute atomic E-state index is 6.25. The molecule has 0 spiro atoms. The van der Waals surface area contributed by atoms with E-state index in [1.165, 1.54) is 12.8 Å². The predicted octanol–water partition coefficient (Wildman–Crippen LogP) is 2.67. The third kappa shape index (κ3) is 3.50. The zero-order valence-electron chi connectivity index (χ0n) is 12.7. The van der Waals surface area contributed by atoms with Gasteiger partial charge in [-0.15, -0.1) is 0 Å². The highest BCUT2D eigenvalue weighted by Crippen LogP contribution is 2.30. The molecule has 2 aliphatic heterocycles. The van der Waals surface area contributed by atoms with Crippen LogP contribution in [0.1, 0.15) is 19.8 Å². The van der Waals surface area contributed by atoms with Crippen molar-refractivity contribution in [1.29, 1.82) is 0 Å². The molecule has 3 rings (SSSR count). The number of rotatable bonds is 3. The Balaban J connectivity index is 1.56. The molecule has 1 aromatic rings. The number of piperidine rings is 1. The highest BCUT2D eigenvalue weighted by molar-refractivity contribution is 6.32. The zero-order chi connectivity index (χ0) is 14.7. The quantitative estimate of drug-likeness (QED) is 0.858. The number of hydrogen-bond acceptors (Lipinski definition) is 4. The minimum Gasteiger partial charge on any atom is -0.379 e. The SMILES string of the molecule is C[C@H](C1CCN(c2ncccc2Cl)CC1)N1CCOCC1. The first-order chi connectivity index (χ1) is 10.3. The number of aromatic nitrogens is 1. The Kier molecular flexibility index (Phi) is 4.99. The standard InChI is InChI=1S/C16H24ClN3O/c1-13(19-9-11-21-12-10-19)14-4-7-20(8-5-14)16-15(17)3-2-6-18-16/h2-3,6,13-14H,4-5,7-12H2,1H3/t13-/m1/s1. The molecular formula is C16H24ClN3O. The third-order valence-electron chi connectivity index (χ3n) is 4.88. The zero-order valence-corrected chi connectivity index (χ0v) is 13.4. The number of morpholine rings is 1. The van der Waals surface area contributed by atoms with Crippen molar-refractivity contribution in [2.24, 2.45) is 5.92 Å². The number of hydrogen-bond donors (Lipinski definition) is 0. The van der Waals surface area contributed by atoms with Gasteiger partial charge in [0.1, 0.15) is 5.82 Å². The van der Waals surface area contributed by atoms with E-state index in [-0.39, 0.29) is 0 Å². The summed E-state index contributed by atoms with van der Waals surface area (Å²) in [6, 6.07) is 4.46. The lowest BCUT2D eigenvalue weighted by atomic mass is 9.89. The molecule has 0 unspecified atom stereocenters. The molecule has 0 aromatic carbocycles. The van der Waals surface area contributed by atoms with Crippen LogP contribution in [0.15, 0.2) is 18.3 Å². The predicted molar refractivity (Wildman–Crippen MR) is 86.0 cm³/mol. The van der Waals surface area contributed by atoms with Crippen molar-refractivity contribution in [3.8, 4) is 0 Å². The Morgan fingerprint density at radius 3 is 2.62 bits per heavy atom. The van der Waals surface area contributed by atoms with Crippen LogP contribution >= 0.6 is 11.6 Å². The Morgan fingerprint density at radius 2 is 1.95 bits per heavy atom. The Bertz CT molecular complexity index is 457. The van der Waals surface area contributed by atoms with E-state index in [0.717, 1.165) is 56.2 Å². The summed E-state index contributed by atoms with van der Waals surface area (Å²) >= 11 is 6.25. The second kappa shape index (κ2) is 6.95. The molecule has 4 nitrogen and oxygen atoms in total. The molecule has 0 aliphatic carbocycles. The van der Waals surface area contributed by atoms with Gasteiger partial charge in [-0.1, -0.05) is 11.6 Å². The number of ether oxygens (including phenoxy) is 1. The van der Waals surface area contributed by atoms with Gasteiger partial charge in [-0.25, -0.2) is 4.98 Å². The fraction of sp³-hybridized carbons (Fsp3) is 0.688. The lowest BCUT2D eigenvalue weighted by Gasteiger charge is -2.41. The molecule has 0 radical (unpaired) electrons. The van der Waals surface area contributed by atoms with Gasteiger partial charge in [0, 0.05) is 38.4 Å². The lowest BCUT2D eigenvalue weighted by Crippen LogP contribution is -2.48. The highest BCUT2D eigenvalue weighted by Gasteiger charge is 2.29. The average Bonchev–Trinajstić information content (AvgIpc) is 2.56. The molecule has 2 fully saturated rings. The van der Waals surface area contributed by atoms with Crippen molar-refractivity contribution in [3.05, 3.63) is 23.4 Å². The fourth-order valence-corrected chi connectivity index (χ4v) is 3.73. The molecule has 3 heterocycles. The van der Waals surface area contributed by atoms with E-state index in [2.05, 4.69) is 21.7 Å². The largest absolute Gasteiger partial charge is 0.379 e. The van der Waals surface area contributed by atoms with Gasteiger partial charge in [0.2, 0.25) is 0 Å². The maximum atomic E-state index is 6.25. The molecule has 1 aromatic heterocycles. The number of nitrogens with zero attached hydrogens (tertiary/aromatic N) is 3. The van der Waals surface area contributed by atoms with Crippen LogP contribution < -0.4 is 4.90 Å². The van der Waals surface area contributed by atoms with Crippen molar-refractivity contribution in [2.75, 3.05) is 44.3 Å². The molecule has 0 N–H and O–H groups in total. The van der Waals surface area contributed by atoms with Crippen LogP contribution in [0.3, 0.4) is 0 Å². The Morgan fingerprint density at radius 1 is 1.24 bits per heavy atom. The summed E-state index contributed by atoms with van der Waals surface area (Å²) in [5.74, 6) is 1.71. The van der Waals surface area contributed by atoms with E-state index in [0.29, 0.717) is 6.04 Å². The topological polar surface area (TPSA) is 28.6 Å². The summed E-state index contributed by atoms with van der Waals surface area (Å²) < 4.78 is 5.45. The van der Waals surface area contributed by atoms with Crippen molar-refractivity contribution in [2.45, 2.75) is 25.8 Å². The van der Waals surface area contributed by atoms with E-state index in [4.69, 9.17) is 16.3 Å². The summed E-state index contributed by atoms with van der Waals surface area (Å²) in [4.78, 5) is 9.33. The van der Waals surface area contributed by atoms with Crippen LogP contribution in [0, 0.1) is 5.92 Å². The normalized spacial score (nSPS) is 23.2. The van der Waals surface area contributed by atoms with E-state index < -0.39 is 0 Å². The molecule has 2 saturated heterocycles. The van der Waals surface area contributed by atoms with Gasteiger partial charge < -0.3 is 9.64 Å². The summed E-state index contributed by atoms with van der Waals surface area (Å²) in [6.07, 6.45) is 4.25. The molecular weight excluding hydrogens is 286 g/mol. The van der Waals surface area contributed by atoms with Crippen LogP contribution in [0.25, 0.3) is 0 Å². The summed E-state index contributed by atoms with van der Waals surface area (Å²) in [7, 11) is 0. The smallest absolute Gasteiger partial charge is 0.147 e. The Hall–Kier alpha value is -0.840. The summed E-state index contributed by atoms with van der Waals surface area (Å²) in [5.41, 5.74) is 0. The van der Waals surface area contributed by atoms with E-state index in [1.807, 2.05) is 18.3 Å². The summed E-state index contributed by atoms with van der Waals surface area (Å²) in [6.45, 7) is 8.39. The third-order valence-corrected chi connectivity index (χ3v) is 5.18. The first-order valence-corrected chi connectivity index (χ1v) is 8.31. The molecule has 21 heavy (non-hydrogen) atoms. The number of pyridine rings is 1. The number of halogens is 1. The average molecular weight is 310 g/mol. The van der Waals surface area contributed by atoms with Gasteiger partial charge in [-0.05, 0) is 37.8 Å². The van der Waals surface area contributed by atoms with E-state index in [1.54, 1.807) is 0 Å². The van der Waals surface area contributed by atoms with Gasteiger partial charge >= 0.3 is 0 Å². The molecule has 2 aliphatic rings. The lowest BCUT2D eigenvalue weighted by molar-refractivity contribution is 0.00448. The van der Waals surface area contributed by atoms with Crippen LogP contribution in [0.2, 0.25) is 5.02 Å². The Labute approximate surface area is 132 Å². The van der Waals surface area contributed by atoms with Crippen LogP contribution in [-0.4, -0.2) is 55.3 Å². The van der Waals surface area contributed by atoms with Crippen LogP contribution in [0.5, 0.6) is 0 Å². The molecule has 1 atom stereocenters. The monoisotopic (exact) mass is 309 g/mol. The van der Waals surface area contributed by atoms with Gasteiger partial charge in [-0.3, -0.25) is 4.90 Å². The molecule has 0 saturated carbocycles. The minimum absolute atomic E-state index is 0.648. The van der Waals surface area contributed by atoms with Crippen LogP contribution in [0.4, 0.5) is 5.82 Å². The van der Waals surface area contributed by atoms with Gasteiger partial charge in [0.05, 0.1) is 18.2 Å². The van der Waals surface area contributed by atoms with Gasteiger partial charge in [0.15, 0.2) is 0 Å². The second-order valence-corrected chi connectivity index (χ2v) is 6.43. The molecule has 116 valence electrons. The first-order valence-electron chi connectivity index (χ1n) is 7.93. The second-order valence-electron chi connectivity index (χ2n) is 6.02. The van der Waals surface area contributed by atoms with Gasteiger partial charge in [0.25, 0.3) is 0 Å². The first kappa shape index (κ1) is 15.1. The van der Waals surface area contributed by atoms with Gasteiger partial charge in [-0.2, -0.15) is 0 Å². The van der Waals surface area contributed by atoms with Crippen molar-refractivity contribution in [1.82, 2.24) is 9.88 Å². The molecule has 0 bridgehead atoms. The number of anilines is 1. The van der Waals surface area contributed by atoms with Crippen molar-refractivity contribution >= 4 is 17.4 Å². The van der Waals surface area contributed by atoms with E-state index in [9.17, 15) is 0 Å². The minimum atomic E-state index is 0.648. The maximum Gasteiger partial charge on any atom is 0.147 e. The van der Waals surface area contributed by atoms with E-state index >= 15 is 0 Å². The molecule has 0 amide bonds. The summed E-state index contributed by atoms with van der Waals surface area (Å²) in [5, 5.41) is 0.761. The highest BCUT2D eigenvalue weighted by atomic mass is 35.5. The van der Waals surface area contributed by atoms with Crippen LogP contribution in [-0.2, 0) is 4.74 Å². The molecule has 5 heteroatoms.